The monoisotopic (exact) mass is 454 g/mol. The first-order chi connectivity index (χ1) is 16.5. The Bertz CT molecular complexity index is 1220. The van der Waals surface area contributed by atoms with Gasteiger partial charge in [0.2, 0.25) is 0 Å². The maximum absolute atomic E-state index is 13.1. The highest BCUT2D eigenvalue weighted by molar-refractivity contribution is 5.96. The Balaban J connectivity index is 1.27. The van der Waals surface area contributed by atoms with Crippen LogP contribution < -0.4 is 5.73 Å². The van der Waals surface area contributed by atoms with E-state index in [9.17, 15) is 14.4 Å². The minimum Gasteiger partial charge on any atom is -0.351 e. The predicted molar refractivity (Wildman–Crippen MR) is 128 cm³/mol. The number of urea groups is 1. The van der Waals surface area contributed by atoms with Crippen LogP contribution in [0.15, 0.2) is 78.9 Å². The Morgan fingerprint density at radius 1 is 0.676 bits per heavy atom. The Morgan fingerprint density at radius 3 is 1.79 bits per heavy atom. The van der Waals surface area contributed by atoms with Crippen molar-refractivity contribution in [3.8, 4) is 0 Å². The van der Waals surface area contributed by atoms with E-state index in [4.69, 9.17) is 5.73 Å². The molecule has 2 aliphatic rings. The largest absolute Gasteiger partial charge is 0.351 e. The summed E-state index contributed by atoms with van der Waals surface area (Å²) >= 11 is 0. The van der Waals surface area contributed by atoms with Gasteiger partial charge in [-0.1, -0.05) is 54.6 Å². The van der Waals surface area contributed by atoms with Gasteiger partial charge in [0.15, 0.2) is 0 Å². The van der Waals surface area contributed by atoms with Gasteiger partial charge in [-0.3, -0.25) is 9.59 Å². The molecule has 0 aliphatic carbocycles. The summed E-state index contributed by atoms with van der Waals surface area (Å²) in [5.41, 5.74) is 9.95. The smallest absolute Gasteiger partial charge is 0.315 e. The molecule has 0 bridgehead atoms. The molecule has 1 saturated heterocycles. The maximum Gasteiger partial charge on any atom is 0.315 e. The lowest BCUT2D eigenvalue weighted by atomic mass is 9.97. The fourth-order valence-electron chi connectivity index (χ4n) is 4.82. The molecule has 0 spiro atoms. The number of carbonyl (C=O) groups excluding carboxylic acids is 3. The molecule has 0 aromatic heterocycles. The van der Waals surface area contributed by atoms with Crippen molar-refractivity contribution in [2.45, 2.75) is 12.6 Å². The van der Waals surface area contributed by atoms with Crippen LogP contribution in [0, 0.1) is 0 Å². The fraction of sp³-hybridized carbons (Fsp3) is 0.222. The molecule has 1 unspecified atom stereocenters. The summed E-state index contributed by atoms with van der Waals surface area (Å²) in [5, 5.41) is 0. The van der Waals surface area contributed by atoms with E-state index in [2.05, 4.69) is 0 Å². The van der Waals surface area contributed by atoms with Gasteiger partial charge in [-0.15, -0.1) is 0 Å². The topological polar surface area (TPSA) is 86.9 Å². The number of piperazine rings is 1. The van der Waals surface area contributed by atoms with Gasteiger partial charge in [0.25, 0.3) is 11.8 Å². The number of primary amides is 1. The number of hydrogen-bond donors (Lipinski definition) is 1. The van der Waals surface area contributed by atoms with E-state index >= 15 is 0 Å². The summed E-state index contributed by atoms with van der Waals surface area (Å²) in [4.78, 5) is 43.0. The van der Waals surface area contributed by atoms with Crippen LogP contribution in [0.5, 0.6) is 0 Å². The predicted octanol–water partition coefficient (Wildman–Crippen LogP) is 3.27. The van der Waals surface area contributed by atoms with E-state index in [1.807, 2.05) is 66.7 Å². The van der Waals surface area contributed by atoms with E-state index in [-0.39, 0.29) is 17.9 Å². The molecule has 3 aromatic rings. The average molecular weight is 455 g/mol. The number of benzene rings is 3. The van der Waals surface area contributed by atoms with Crippen LogP contribution in [-0.4, -0.2) is 58.7 Å². The van der Waals surface area contributed by atoms with Crippen LogP contribution in [0.25, 0.3) is 0 Å². The molecule has 0 radical (unpaired) electrons. The zero-order chi connectivity index (χ0) is 23.7. The number of fused-ring (bicyclic) bond motifs is 1. The minimum absolute atomic E-state index is 0.00657. The van der Waals surface area contributed by atoms with E-state index in [1.54, 1.807) is 26.8 Å². The van der Waals surface area contributed by atoms with Gasteiger partial charge in [-0.25, -0.2) is 4.79 Å². The number of carbonyl (C=O) groups is 3. The van der Waals surface area contributed by atoms with E-state index < -0.39 is 6.03 Å². The molecule has 2 N–H and O–H groups in total. The number of nitrogens with zero attached hydrogens (tertiary/aromatic N) is 3. The third-order valence-electron chi connectivity index (χ3n) is 6.63. The highest BCUT2D eigenvalue weighted by Gasteiger charge is 2.33. The zero-order valence-corrected chi connectivity index (χ0v) is 18.8. The first-order valence-electron chi connectivity index (χ1n) is 11.4. The van der Waals surface area contributed by atoms with Crippen LogP contribution in [0.2, 0.25) is 0 Å². The normalized spacial score (nSPS) is 17.4. The van der Waals surface area contributed by atoms with Crippen LogP contribution in [0.4, 0.5) is 4.79 Å². The molecule has 1 fully saturated rings. The van der Waals surface area contributed by atoms with Gasteiger partial charge in [0, 0.05) is 43.9 Å². The number of rotatable bonds is 3. The first kappa shape index (κ1) is 21.7. The van der Waals surface area contributed by atoms with Crippen LogP contribution >= 0.6 is 0 Å². The lowest BCUT2D eigenvalue weighted by Gasteiger charge is -2.35. The van der Waals surface area contributed by atoms with Crippen LogP contribution in [-0.2, 0) is 6.54 Å². The quantitative estimate of drug-likeness (QED) is 0.659. The fourth-order valence-corrected chi connectivity index (χ4v) is 4.82. The molecule has 0 saturated carbocycles. The number of amides is 4. The van der Waals surface area contributed by atoms with Gasteiger partial charge >= 0.3 is 6.03 Å². The minimum atomic E-state index is -0.468. The number of nitrogens with two attached hydrogens (primary N) is 1. The molecule has 172 valence electrons. The molecule has 7 nitrogen and oxygen atoms in total. The van der Waals surface area contributed by atoms with Gasteiger partial charge in [0.05, 0.1) is 6.04 Å². The lowest BCUT2D eigenvalue weighted by Crippen LogP contribution is -2.50. The van der Waals surface area contributed by atoms with Crippen molar-refractivity contribution in [1.29, 1.82) is 0 Å². The van der Waals surface area contributed by atoms with Gasteiger partial charge in [-0.2, -0.15) is 0 Å². The SMILES string of the molecule is NC(=O)N1Cc2ccccc2C1c1ccc(C(=O)N2CCN(C(=O)c3ccccc3)CC2)cc1. The third-order valence-corrected chi connectivity index (χ3v) is 6.63. The maximum atomic E-state index is 13.1. The molecule has 4 amide bonds. The second-order valence-electron chi connectivity index (χ2n) is 8.64. The standard InChI is InChI=1S/C27H26N4O3/c28-27(34)31-18-22-8-4-5-9-23(22)24(31)19-10-12-21(13-11-19)26(33)30-16-14-29(15-17-30)25(32)20-6-2-1-3-7-20/h1-13,24H,14-18H2,(H2,28,34). The van der Waals surface area contributed by atoms with Crippen molar-refractivity contribution in [1.82, 2.24) is 14.7 Å². The molecule has 34 heavy (non-hydrogen) atoms. The van der Waals surface area contributed by atoms with Crippen molar-refractivity contribution >= 4 is 17.8 Å². The molecule has 7 heteroatoms. The van der Waals surface area contributed by atoms with E-state index in [0.717, 1.165) is 16.7 Å². The van der Waals surface area contributed by atoms with Gasteiger partial charge in [0.1, 0.15) is 0 Å². The Morgan fingerprint density at radius 2 is 1.21 bits per heavy atom. The molecular formula is C27H26N4O3. The van der Waals surface area contributed by atoms with Crippen molar-refractivity contribution in [2.24, 2.45) is 5.73 Å². The summed E-state index contributed by atoms with van der Waals surface area (Å²) in [6.07, 6.45) is 0. The molecule has 2 aliphatic heterocycles. The summed E-state index contributed by atoms with van der Waals surface area (Å²) in [5.74, 6) is -0.0650. The molecule has 3 aromatic carbocycles. The molecular weight excluding hydrogens is 428 g/mol. The van der Waals surface area contributed by atoms with Crippen molar-refractivity contribution in [2.75, 3.05) is 26.2 Å². The van der Waals surface area contributed by atoms with Crippen molar-refractivity contribution in [3.05, 3.63) is 107 Å². The highest BCUT2D eigenvalue weighted by atomic mass is 16.2. The third kappa shape index (κ3) is 4.01. The molecule has 2 heterocycles. The number of hydrogen-bond acceptors (Lipinski definition) is 3. The highest BCUT2D eigenvalue weighted by Crippen LogP contribution is 2.38. The van der Waals surface area contributed by atoms with E-state index in [0.29, 0.717) is 43.9 Å². The Kier molecular flexibility index (Phi) is 5.76. The molecule has 5 rings (SSSR count). The van der Waals surface area contributed by atoms with E-state index in [1.165, 1.54) is 0 Å². The first-order valence-corrected chi connectivity index (χ1v) is 11.4. The summed E-state index contributed by atoms with van der Waals surface area (Å²) in [6, 6.07) is 23.8. The Labute approximate surface area is 198 Å². The van der Waals surface area contributed by atoms with Crippen LogP contribution in [0.1, 0.15) is 43.4 Å². The summed E-state index contributed by atoms with van der Waals surface area (Å²) in [6.45, 7) is 2.46. The Hall–Kier alpha value is -4.13. The molecule has 1 atom stereocenters. The lowest BCUT2D eigenvalue weighted by molar-refractivity contribution is 0.0535. The second kappa shape index (κ2) is 9.02. The van der Waals surface area contributed by atoms with Crippen molar-refractivity contribution in [3.63, 3.8) is 0 Å². The average Bonchev–Trinajstić information content (AvgIpc) is 3.29. The summed E-state index contributed by atoms with van der Waals surface area (Å²) in [7, 11) is 0. The van der Waals surface area contributed by atoms with Gasteiger partial charge < -0.3 is 20.4 Å². The zero-order valence-electron chi connectivity index (χ0n) is 18.8. The van der Waals surface area contributed by atoms with Crippen molar-refractivity contribution < 1.29 is 14.4 Å². The second-order valence-corrected chi connectivity index (χ2v) is 8.64. The van der Waals surface area contributed by atoms with Gasteiger partial charge in [-0.05, 0) is 41.0 Å². The summed E-state index contributed by atoms with van der Waals surface area (Å²) < 4.78 is 0. The van der Waals surface area contributed by atoms with Crippen LogP contribution in [0.3, 0.4) is 0 Å².